The number of nitrogens with one attached hydrogen (secondary N) is 1. The fraction of sp³-hybridized carbons (Fsp3) is 0.476. The van der Waals surface area contributed by atoms with E-state index in [0.29, 0.717) is 18.2 Å². The summed E-state index contributed by atoms with van der Waals surface area (Å²) in [6, 6.07) is 2.74. The third-order valence-electron chi connectivity index (χ3n) is 5.52. The molecule has 1 aliphatic heterocycles. The van der Waals surface area contributed by atoms with Crippen molar-refractivity contribution in [1.82, 2.24) is 9.55 Å². The number of aromatic nitrogens is 2. The van der Waals surface area contributed by atoms with Crippen molar-refractivity contribution in [2.75, 3.05) is 17.7 Å². The molecule has 0 saturated carbocycles. The summed E-state index contributed by atoms with van der Waals surface area (Å²) < 4.78 is 46.1. The Morgan fingerprint density at radius 3 is 2.84 bits per heavy atom. The van der Waals surface area contributed by atoms with Gasteiger partial charge in [-0.3, -0.25) is 9.36 Å². The molecule has 32 heavy (non-hydrogen) atoms. The molecule has 4 rings (SSSR count). The van der Waals surface area contributed by atoms with E-state index in [1.165, 1.54) is 0 Å². The molecule has 1 aromatic carbocycles. The van der Waals surface area contributed by atoms with Crippen LogP contribution in [0, 0.1) is 0 Å². The van der Waals surface area contributed by atoms with Crippen molar-refractivity contribution in [3.63, 3.8) is 0 Å². The fourth-order valence-electron chi connectivity index (χ4n) is 4.00. The molecule has 0 bridgehead atoms. The zero-order chi connectivity index (χ0) is 22.9. The smallest absolute Gasteiger partial charge is 0.376 e. The van der Waals surface area contributed by atoms with Crippen LogP contribution in [0.5, 0.6) is 0 Å². The Morgan fingerprint density at radius 1 is 1.31 bits per heavy atom. The summed E-state index contributed by atoms with van der Waals surface area (Å²) in [5, 5.41) is 2.92. The van der Waals surface area contributed by atoms with Crippen molar-refractivity contribution >= 4 is 35.0 Å². The van der Waals surface area contributed by atoms with E-state index in [1.807, 2.05) is 0 Å². The molecular weight excluding hydrogens is 467 g/mol. The summed E-state index contributed by atoms with van der Waals surface area (Å²) in [5.74, 6) is -0.644. The molecule has 172 valence electrons. The highest BCUT2D eigenvalue weighted by molar-refractivity contribution is 8.00. The first kappa shape index (κ1) is 23.1. The van der Waals surface area contributed by atoms with Gasteiger partial charge in [0.1, 0.15) is 5.03 Å². The number of carbonyl (C=O) groups excluding carboxylic acids is 1. The van der Waals surface area contributed by atoms with Crippen LogP contribution in [0.25, 0.3) is 0 Å². The van der Waals surface area contributed by atoms with Gasteiger partial charge in [-0.25, -0.2) is 4.79 Å². The molecule has 1 aliphatic carbocycles. The average molecular weight is 488 g/mol. The first-order valence-electron chi connectivity index (χ1n) is 10.3. The predicted octanol–water partition coefficient (Wildman–Crippen LogP) is 4.31. The quantitative estimate of drug-likeness (QED) is 0.485. The number of halogens is 4. The molecule has 1 amide bonds. The molecule has 6 nitrogen and oxygen atoms in total. The van der Waals surface area contributed by atoms with Crippen LogP contribution < -0.4 is 11.0 Å². The minimum atomic E-state index is -4.54. The summed E-state index contributed by atoms with van der Waals surface area (Å²) in [7, 11) is 0. The van der Waals surface area contributed by atoms with Gasteiger partial charge in [0, 0.05) is 17.9 Å². The van der Waals surface area contributed by atoms with Gasteiger partial charge in [0.05, 0.1) is 34.7 Å². The molecule has 0 spiro atoms. The number of thioether (sulfide) groups is 1. The Kier molecular flexibility index (Phi) is 6.83. The molecule has 1 saturated heterocycles. The third-order valence-corrected chi connectivity index (χ3v) is 6.87. The molecule has 2 aliphatic rings. The Labute approximate surface area is 191 Å². The summed E-state index contributed by atoms with van der Waals surface area (Å²) >= 11 is 7.04. The SMILES string of the molecule is O=C(CSc1nc(=O)n(CC2CCCO2)c2c1CCC2)Nc1cc(C(F)(F)F)ccc1Cl. The van der Waals surface area contributed by atoms with Crippen molar-refractivity contribution in [3.8, 4) is 0 Å². The van der Waals surface area contributed by atoms with Crippen LogP contribution in [0.1, 0.15) is 36.1 Å². The molecule has 2 heterocycles. The maximum Gasteiger partial charge on any atom is 0.416 e. The Balaban J connectivity index is 1.46. The number of hydrogen-bond acceptors (Lipinski definition) is 5. The highest BCUT2D eigenvalue weighted by Crippen LogP contribution is 2.34. The summed E-state index contributed by atoms with van der Waals surface area (Å²) in [5.41, 5.74) is 0.503. The van der Waals surface area contributed by atoms with Gasteiger partial charge in [-0.15, -0.1) is 0 Å². The molecule has 1 unspecified atom stereocenters. The number of rotatable bonds is 6. The molecular formula is C21H21ClF3N3O3S. The maximum atomic E-state index is 12.9. The van der Waals surface area contributed by atoms with Crippen LogP contribution in [0.2, 0.25) is 5.02 Å². The minimum Gasteiger partial charge on any atom is -0.376 e. The van der Waals surface area contributed by atoms with E-state index < -0.39 is 17.6 Å². The Bertz CT molecular complexity index is 1080. The predicted molar refractivity (Wildman–Crippen MR) is 115 cm³/mol. The van der Waals surface area contributed by atoms with Gasteiger partial charge in [-0.05, 0) is 50.3 Å². The van der Waals surface area contributed by atoms with Crippen molar-refractivity contribution in [3.05, 3.63) is 50.5 Å². The second-order valence-corrected chi connectivity index (χ2v) is 9.12. The van der Waals surface area contributed by atoms with Gasteiger partial charge < -0.3 is 10.1 Å². The summed E-state index contributed by atoms with van der Waals surface area (Å²) in [6.07, 6.45) is -0.218. The molecule has 0 radical (unpaired) electrons. The second-order valence-electron chi connectivity index (χ2n) is 7.75. The number of nitrogens with zero attached hydrogens (tertiary/aromatic N) is 2. The molecule has 1 N–H and O–H groups in total. The van der Waals surface area contributed by atoms with E-state index in [1.54, 1.807) is 4.57 Å². The topological polar surface area (TPSA) is 73.2 Å². The highest BCUT2D eigenvalue weighted by atomic mass is 35.5. The lowest BCUT2D eigenvalue weighted by atomic mass is 10.2. The number of benzene rings is 1. The first-order chi connectivity index (χ1) is 15.2. The van der Waals surface area contributed by atoms with Gasteiger partial charge in [-0.2, -0.15) is 18.2 Å². The van der Waals surface area contributed by atoms with Crippen LogP contribution in [-0.2, 0) is 35.1 Å². The normalized spacial score (nSPS) is 18.1. The van der Waals surface area contributed by atoms with Crippen LogP contribution in [0.15, 0.2) is 28.0 Å². The zero-order valence-electron chi connectivity index (χ0n) is 17.0. The monoisotopic (exact) mass is 487 g/mol. The van der Waals surface area contributed by atoms with Crippen LogP contribution in [0.4, 0.5) is 18.9 Å². The van der Waals surface area contributed by atoms with Gasteiger partial charge >= 0.3 is 11.9 Å². The number of fused-ring (bicyclic) bond motifs is 1. The first-order valence-corrected chi connectivity index (χ1v) is 11.6. The Morgan fingerprint density at radius 2 is 2.12 bits per heavy atom. The number of carbonyl (C=O) groups is 1. The van der Waals surface area contributed by atoms with E-state index in [4.69, 9.17) is 16.3 Å². The highest BCUT2D eigenvalue weighted by Gasteiger charge is 2.31. The fourth-order valence-corrected chi connectivity index (χ4v) is 5.04. The maximum absolute atomic E-state index is 12.9. The molecule has 1 fully saturated rings. The van der Waals surface area contributed by atoms with Gasteiger partial charge in [0.15, 0.2) is 0 Å². The lowest BCUT2D eigenvalue weighted by Crippen LogP contribution is -2.31. The largest absolute Gasteiger partial charge is 0.416 e. The third kappa shape index (κ3) is 5.13. The lowest BCUT2D eigenvalue weighted by molar-refractivity contribution is -0.137. The number of anilines is 1. The van der Waals surface area contributed by atoms with Crippen LogP contribution in [-0.4, -0.2) is 33.9 Å². The number of hydrogen-bond donors (Lipinski definition) is 1. The van der Waals surface area contributed by atoms with Crippen molar-refractivity contribution < 1.29 is 22.7 Å². The average Bonchev–Trinajstić information content (AvgIpc) is 3.41. The number of amides is 1. The summed E-state index contributed by atoms with van der Waals surface area (Å²) in [4.78, 5) is 29.2. The van der Waals surface area contributed by atoms with E-state index in [9.17, 15) is 22.8 Å². The Hall–Kier alpha value is -2.04. The lowest BCUT2D eigenvalue weighted by Gasteiger charge is -2.17. The van der Waals surface area contributed by atoms with E-state index in [2.05, 4.69) is 10.3 Å². The number of ether oxygens (including phenoxy) is 1. The molecule has 2 aromatic rings. The van der Waals surface area contributed by atoms with Crippen LogP contribution >= 0.6 is 23.4 Å². The van der Waals surface area contributed by atoms with E-state index in [0.717, 1.165) is 73.3 Å². The minimum absolute atomic E-state index is 0.00657. The van der Waals surface area contributed by atoms with Crippen molar-refractivity contribution in [2.24, 2.45) is 0 Å². The second kappa shape index (κ2) is 9.44. The van der Waals surface area contributed by atoms with Crippen molar-refractivity contribution in [1.29, 1.82) is 0 Å². The van der Waals surface area contributed by atoms with E-state index >= 15 is 0 Å². The zero-order valence-corrected chi connectivity index (χ0v) is 18.6. The number of alkyl halides is 3. The molecule has 1 atom stereocenters. The summed E-state index contributed by atoms with van der Waals surface area (Å²) in [6.45, 7) is 1.18. The molecule has 11 heteroatoms. The standard InChI is InChI=1S/C21H21ClF3N3O3S/c22-15-7-6-12(21(23,24)25)9-16(15)26-18(29)11-32-19-14-4-1-5-17(14)28(20(30)27-19)10-13-3-2-8-31-13/h6-7,9,13H,1-5,8,10-11H2,(H,26,29). The van der Waals surface area contributed by atoms with Gasteiger partial charge in [-0.1, -0.05) is 23.4 Å². The van der Waals surface area contributed by atoms with Gasteiger partial charge in [0.25, 0.3) is 0 Å². The van der Waals surface area contributed by atoms with Crippen molar-refractivity contribution in [2.45, 2.75) is 56.0 Å². The van der Waals surface area contributed by atoms with Crippen LogP contribution in [0.3, 0.4) is 0 Å². The molecule has 1 aromatic heterocycles. The van der Waals surface area contributed by atoms with E-state index in [-0.39, 0.29) is 28.3 Å². The van der Waals surface area contributed by atoms with Gasteiger partial charge in [0.2, 0.25) is 5.91 Å².